The highest BCUT2D eigenvalue weighted by molar-refractivity contribution is 8.00. The van der Waals surface area contributed by atoms with E-state index in [1.807, 2.05) is 18.2 Å². The Hall–Kier alpha value is -1.85. The third-order valence-electron chi connectivity index (χ3n) is 3.01. The predicted octanol–water partition coefficient (Wildman–Crippen LogP) is 3.84. The molecule has 1 heterocycles. The Morgan fingerprint density at radius 1 is 1.09 bits per heavy atom. The van der Waals surface area contributed by atoms with Crippen LogP contribution in [0.1, 0.15) is 0 Å². The lowest BCUT2D eigenvalue weighted by atomic mass is 10.3. The van der Waals surface area contributed by atoms with E-state index in [0.717, 1.165) is 22.1 Å². The van der Waals surface area contributed by atoms with Crippen molar-refractivity contribution in [2.75, 3.05) is 24.3 Å². The molecule has 1 amide bonds. The van der Waals surface area contributed by atoms with Crippen molar-refractivity contribution in [2.45, 2.75) is 4.90 Å². The van der Waals surface area contributed by atoms with E-state index < -0.39 is 0 Å². The minimum atomic E-state index is -0.0674. The third kappa shape index (κ3) is 3.87. The molecule has 0 saturated heterocycles. The maximum absolute atomic E-state index is 11.9. The molecule has 2 aromatic carbocycles. The van der Waals surface area contributed by atoms with Crippen LogP contribution < -0.4 is 14.8 Å². The first-order valence-corrected chi connectivity index (χ1v) is 8.15. The molecule has 0 atom stereocenters. The van der Waals surface area contributed by atoms with E-state index >= 15 is 0 Å². The molecule has 4 nitrogen and oxygen atoms in total. The average Bonchev–Trinajstić information content (AvgIpc) is 2.55. The molecule has 6 heteroatoms. The number of nitrogens with one attached hydrogen (secondary N) is 1. The van der Waals surface area contributed by atoms with Crippen molar-refractivity contribution in [1.82, 2.24) is 0 Å². The first-order valence-electron chi connectivity index (χ1n) is 6.78. The number of carbonyl (C=O) groups is 1. The normalized spacial score (nSPS) is 12.8. The SMILES string of the molecule is O=C(CSc1ccc2c(c1)OCCO2)Nc1ccc(Cl)cc1. The molecule has 0 aliphatic carbocycles. The Morgan fingerprint density at radius 3 is 2.59 bits per heavy atom. The lowest BCUT2D eigenvalue weighted by Crippen LogP contribution is -2.15. The van der Waals surface area contributed by atoms with Gasteiger partial charge in [0.05, 0.1) is 5.75 Å². The summed E-state index contributed by atoms with van der Waals surface area (Å²) >= 11 is 7.26. The van der Waals surface area contributed by atoms with E-state index in [0.29, 0.717) is 24.0 Å². The zero-order chi connectivity index (χ0) is 15.4. The van der Waals surface area contributed by atoms with E-state index in [9.17, 15) is 4.79 Å². The molecule has 22 heavy (non-hydrogen) atoms. The van der Waals surface area contributed by atoms with Gasteiger partial charge in [-0.05, 0) is 42.5 Å². The molecule has 0 radical (unpaired) electrons. The molecule has 3 rings (SSSR count). The summed E-state index contributed by atoms with van der Waals surface area (Å²) in [4.78, 5) is 12.9. The third-order valence-corrected chi connectivity index (χ3v) is 4.26. The standard InChI is InChI=1S/C16H14ClNO3S/c17-11-1-3-12(4-2-11)18-16(19)10-22-13-5-6-14-15(9-13)21-8-7-20-14/h1-6,9H,7-8,10H2,(H,18,19). The molecule has 1 aliphatic heterocycles. The van der Waals surface area contributed by atoms with E-state index in [2.05, 4.69) is 5.32 Å². The maximum atomic E-state index is 11.9. The zero-order valence-corrected chi connectivity index (χ0v) is 13.2. The molecule has 0 unspecified atom stereocenters. The molecule has 114 valence electrons. The van der Waals surface area contributed by atoms with Crippen LogP contribution in [0.5, 0.6) is 11.5 Å². The van der Waals surface area contributed by atoms with Crippen LogP contribution in [-0.4, -0.2) is 24.9 Å². The molecule has 1 aliphatic rings. The van der Waals surface area contributed by atoms with Crippen molar-refractivity contribution < 1.29 is 14.3 Å². The number of thioether (sulfide) groups is 1. The highest BCUT2D eigenvalue weighted by atomic mass is 35.5. The summed E-state index contributed by atoms with van der Waals surface area (Å²) in [6, 6.07) is 12.7. The number of benzene rings is 2. The Balaban J connectivity index is 1.55. The van der Waals surface area contributed by atoms with E-state index in [1.54, 1.807) is 24.3 Å². The molecular formula is C16H14ClNO3S. The summed E-state index contributed by atoms with van der Waals surface area (Å²) in [7, 11) is 0. The lowest BCUT2D eigenvalue weighted by molar-refractivity contribution is -0.113. The van der Waals surface area contributed by atoms with Gasteiger partial charge >= 0.3 is 0 Å². The summed E-state index contributed by atoms with van der Waals surface area (Å²) in [6.07, 6.45) is 0. The highest BCUT2D eigenvalue weighted by Gasteiger charge is 2.12. The molecule has 0 aromatic heterocycles. The number of halogens is 1. The van der Waals surface area contributed by atoms with Crippen molar-refractivity contribution in [3.8, 4) is 11.5 Å². The first-order chi connectivity index (χ1) is 10.7. The van der Waals surface area contributed by atoms with E-state index in [-0.39, 0.29) is 5.91 Å². The summed E-state index contributed by atoms with van der Waals surface area (Å²) in [5.74, 6) is 1.74. The number of fused-ring (bicyclic) bond motifs is 1. The van der Waals surface area contributed by atoms with Crippen LogP contribution >= 0.6 is 23.4 Å². The second-order valence-electron chi connectivity index (χ2n) is 4.65. The fraction of sp³-hybridized carbons (Fsp3) is 0.188. The minimum Gasteiger partial charge on any atom is -0.486 e. The molecule has 0 spiro atoms. The van der Waals surface area contributed by atoms with Gasteiger partial charge in [0, 0.05) is 15.6 Å². The predicted molar refractivity (Wildman–Crippen MR) is 88.2 cm³/mol. The van der Waals surface area contributed by atoms with Crippen molar-refractivity contribution in [3.05, 3.63) is 47.5 Å². The van der Waals surface area contributed by atoms with Crippen LogP contribution in [0.25, 0.3) is 0 Å². The van der Waals surface area contributed by atoms with Gasteiger partial charge in [0.15, 0.2) is 11.5 Å². The number of hydrogen-bond donors (Lipinski definition) is 1. The molecule has 2 aromatic rings. The molecule has 0 saturated carbocycles. The van der Waals surface area contributed by atoms with Crippen LogP contribution in [0.2, 0.25) is 5.02 Å². The Bertz CT molecular complexity index is 676. The van der Waals surface area contributed by atoms with Gasteiger partial charge in [-0.15, -0.1) is 11.8 Å². The summed E-state index contributed by atoms with van der Waals surface area (Å²) < 4.78 is 11.0. The number of rotatable bonds is 4. The smallest absolute Gasteiger partial charge is 0.234 e. The number of hydrogen-bond acceptors (Lipinski definition) is 4. The van der Waals surface area contributed by atoms with E-state index in [4.69, 9.17) is 21.1 Å². The zero-order valence-electron chi connectivity index (χ0n) is 11.7. The van der Waals surface area contributed by atoms with Gasteiger partial charge in [0.1, 0.15) is 13.2 Å². The second-order valence-corrected chi connectivity index (χ2v) is 6.13. The van der Waals surface area contributed by atoms with Crippen molar-refractivity contribution in [1.29, 1.82) is 0 Å². The van der Waals surface area contributed by atoms with Gasteiger partial charge in [0.25, 0.3) is 0 Å². The minimum absolute atomic E-state index is 0.0674. The summed E-state index contributed by atoms with van der Waals surface area (Å²) in [5.41, 5.74) is 0.733. The second kappa shape index (κ2) is 6.94. The van der Waals surface area contributed by atoms with Gasteiger partial charge < -0.3 is 14.8 Å². The van der Waals surface area contributed by atoms with Crippen molar-refractivity contribution in [2.24, 2.45) is 0 Å². The van der Waals surface area contributed by atoms with Crippen LogP contribution in [0, 0.1) is 0 Å². The Labute approximate surface area is 137 Å². The molecule has 0 fully saturated rings. The summed E-state index contributed by atoms with van der Waals surface area (Å²) in [6.45, 7) is 1.13. The number of carbonyl (C=O) groups excluding carboxylic acids is 1. The lowest BCUT2D eigenvalue weighted by Gasteiger charge is -2.18. The van der Waals surface area contributed by atoms with Crippen molar-refractivity contribution in [3.63, 3.8) is 0 Å². The van der Waals surface area contributed by atoms with Crippen LogP contribution in [-0.2, 0) is 4.79 Å². The highest BCUT2D eigenvalue weighted by Crippen LogP contribution is 2.34. The van der Waals surface area contributed by atoms with Crippen LogP contribution in [0.3, 0.4) is 0 Å². The van der Waals surface area contributed by atoms with E-state index in [1.165, 1.54) is 11.8 Å². The number of anilines is 1. The van der Waals surface area contributed by atoms with Gasteiger partial charge in [-0.1, -0.05) is 11.6 Å². The molecule has 1 N–H and O–H groups in total. The fourth-order valence-electron chi connectivity index (χ4n) is 1.99. The fourth-order valence-corrected chi connectivity index (χ4v) is 2.84. The maximum Gasteiger partial charge on any atom is 0.234 e. The number of ether oxygens (including phenoxy) is 2. The van der Waals surface area contributed by atoms with Crippen LogP contribution in [0.4, 0.5) is 5.69 Å². The largest absolute Gasteiger partial charge is 0.486 e. The average molecular weight is 336 g/mol. The Morgan fingerprint density at radius 2 is 1.82 bits per heavy atom. The molecular weight excluding hydrogens is 322 g/mol. The van der Waals surface area contributed by atoms with Crippen molar-refractivity contribution >= 4 is 35.0 Å². The van der Waals surface area contributed by atoms with Gasteiger partial charge in [-0.2, -0.15) is 0 Å². The monoisotopic (exact) mass is 335 g/mol. The van der Waals surface area contributed by atoms with Gasteiger partial charge in [-0.3, -0.25) is 4.79 Å². The quantitative estimate of drug-likeness (QED) is 0.862. The Kier molecular flexibility index (Phi) is 4.75. The van der Waals surface area contributed by atoms with Crippen LogP contribution in [0.15, 0.2) is 47.4 Å². The molecule has 0 bridgehead atoms. The van der Waals surface area contributed by atoms with Gasteiger partial charge in [-0.25, -0.2) is 0 Å². The number of amides is 1. The topological polar surface area (TPSA) is 47.6 Å². The first kappa shape index (κ1) is 15.1. The summed E-state index contributed by atoms with van der Waals surface area (Å²) in [5, 5.41) is 3.47. The van der Waals surface area contributed by atoms with Gasteiger partial charge in [0.2, 0.25) is 5.91 Å².